The highest BCUT2D eigenvalue weighted by atomic mass is 14.7. The van der Waals surface area contributed by atoms with E-state index in [0.717, 1.165) is 22.5 Å². The Morgan fingerprint density at radius 2 is 1.00 bits per heavy atom. The zero-order chi connectivity index (χ0) is 20.1. The van der Waals surface area contributed by atoms with Crippen LogP contribution in [0.3, 0.4) is 0 Å². The van der Waals surface area contributed by atoms with Gasteiger partial charge in [-0.2, -0.15) is 0 Å². The fraction of sp³-hybridized carbons (Fsp3) is 0.0357. The van der Waals surface area contributed by atoms with Crippen LogP contribution in [0, 0.1) is 0 Å². The smallest absolute Gasteiger partial charge is 0.0633 e. The van der Waals surface area contributed by atoms with Gasteiger partial charge >= 0.3 is 0 Å². The molecule has 0 saturated heterocycles. The summed E-state index contributed by atoms with van der Waals surface area (Å²) in [5.74, 6) is 0. The Hall–Kier alpha value is -3.71. The van der Waals surface area contributed by atoms with Crippen molar-refractivity contribution in [1.82, 2.24) is 0 Å². The summed E-state index contributed by atoms with van der Waals surface area (Å²) >= 11 is 0. The van der Waals surface area contributed by atoms with Gasteiger partial charge in [-0.1, -0.05) is 97.6 Å². The fourth-order valence-corrected chi connectivity index (χ4v) is 3.39. The molecule has 0 bridgehead atoms. The molecule has 0 aromatic heterocycles. The van der Waals surface area contributed by atoms with Crippen LogP contribution in [-0.2, 0) is 0 Å². The maximum absolute atomic E-state index is 4.81. The monoisotopic (exact) mass is 373 g/mol. The van der Waals surface area contributed by atoms with Gasteiger partial charge in [0.2, 0.25) is 0 Å². The van der Waals surface area contributed by atoms with E-state index < -0.39 is 0 Å². The summed E-state index contributed by atoms with van der Waals surface area (Å²) in [6.07, 6.45) is 0. The zero-order valence-corrected chi connectivity index (χ0v) is 16.5. The van der Waals surface area contributed by atoms with Gasteiger partial charge in [-0.15, -0.1) is 0 Å². The molecular weight excluding hydrogens is 350 g/mol. The van der Waals surface area contributed by atoms with Crippen LogP contribution in [-0.4, -0.2) is 5.71 Å². The number of hydrogen-bond acceptors (Lipinski definition) is 1. The van der Waals surface area contributed by atoms with Crippen molar-refractivity contribution >= 4 is 11.4 Å². The Kier molecular flexibility index (Phi) is 5.49. The van der Waals surface area contributed by atoms with Gasteiger partial charge in [-0.25, -0.2) is 0 Å². The topological polar surface area (TPSA) is 12.4 Å². The van der Waals surface area contributed by atoms with Crippen molar-refractivity contribution in [2.75, 3.05) is 0 Å². The summed E-state index contributed by atoms with van der Waals surface area (Å²) in [6.45, 7) is 6.21. The zero-order valence-electron chi connectivity index (χ0n) is 16.5. The molecule has 29 heavy (non-hydrogen) atoms. The second kappa shape index (κ2) is 8.53. The highest BCUT2D eigenvalue weighted by Crippen LogP contribution is 2.29. The summed E-state index contributed by atoms with van der Waals surface area (Å²) in [6, 6.07) is 37.7. The Morgan fingerprint density at radius 1 is 0.552 bits per heavy atom. The maximum atomic E-state index is 4.81. The van der Waals surface area contributed by atoms with Crippen molar-refractivity contribution in [3.63, 3.8) is 0 Å². The first-order valence-corrected chi connectivity index (χ1v) is 9.76. The highest BCUT2D eigenvalue weighted by molar-refractivity contribution is 6.03. The molecule has 0 aliphatic heterocycles. The van der Waals surface area contributed by atoms with Crippen molar-refractivity contribution in [3.8, 4) is 22.3 Å². The Labute approximate surface area is 172 Å². The van der Waals surface area contributed by atoms with E-state index in [1.54, 1.807) is 0 Å². The van der Waals surface area contributed by atoms with Gasteiger partial charge in [-0.05, 0) is 58.5 Å². The summed E-state index contributed by atoms with van der Waals surface area (Å²) < 4.78 is 0. The molecule has 0 aliphatic carbocycles. The van der Waals surface area contributed by atoms with Crippen LogP contribution < -0.4 is 0 Å². The first-order valence-electron chi connectivity index (χ1n) is 9.76. The molecule has 0 aliphatic rings. The molecule has 0 spiro atoms. The van der Waals surface area contributed by atoms with E-state index in [9.17, 15) is 0 Å². The highest BCUT2D eigenvalue weighted by Gasteiger charge is 2.08. The predicted octanol–water partition coefficient (Wildman–Crippen LogP) is 7.50. The lowest BCUT2D eigenvalue weighted by Crippen LogP contribution is -1.97. The van der Waals surface area contributed by atoms with Gasteiger partial charge in [0.1, 0.15) is 0 Å². The van der Waals surface area contributed by atoms with Gasteiger partial charge < -0.3 is 0 Å². The third-order valence-corrected chi connectivity index (χ3v) is 4.97. The van der Waals surface area contributed by atoms with E-state index >= 15 is 0 Å². The lowest BCUT2D eigenvalue weighted by atomic mass is 9.94. The Morgan fingerprint density at radius 3 is 1.48 bits per heavy atom. The molecule has 0 radical (unpaired) electrons. The largest absolute Gasteiger partial charge is 0.253 e. The number of aliphatic imine (C=N–C) groups is 1. The minimum absolute atomic E-state index is 0.773. The molecule has 1 nitrogen and oxygen atoms in total. The first-order chi connectivity index (χ1) is 14.2. The van der Waals surface area contributed by atoms with E-state index in [0.29, 0.717) is 0 Å². The molecule has 0 unspecified atom stereocenters. The molecule has 1 heteroatoms. The third kappa shape index (κ3) is 4.41. The normalized spacial score (nSPS) is 11.3. The van der Waals surface area contributed by atoms with Crippen molar-refractivity contribution in [2.45, 2.75) is 6.92 Å². The molecule has 4 aromatic carbocycles. The minimum atomic E-state index is 0.773. The summed E-state index contributed by atoms with van der Waals surface area (Å²) in [4.78, 5) is 4.81. The Balaban J connectivity index is 1.80. The number of hydrogen-bond donors (Lipinski definition) is 0. The van der Waals surface area contributed by atoms with Crippen LogP contribution in [0.2, 0.25) is 0 Å². The Bertz CT molecular complexity index is 1080. The van der Waals surface area contributed by atoms with Crippen molar-refractivity contribution in [2.24, 2.45) is 4.99 Å². The van der Waals surface area contributed by atoms with Crippen LogP contribution in [0.25, 0.3) is 28.0 Å². The summed E-state index contributed by atoms with van der Waals surface area (Å²) in [5.41, 5.74) is 8.62. The van der Waals surface area contributed by atoms with Crippen LogP contribution >= 0.6 is 0 Å². The molecule has 0 heterocycles. The van der Waals surface area contributed by atoms with Gasteiger partial charge in [0.15, 0.2) is 0 Å². The molecular formula is C28H23N. The van der Waals surface area contributed by atoms with Crippen molar-refractivity contribution in [1.29, 1.82) is 0 Å². The average Bonchev–Trinajstić information content (AvgIpc) is 2.80. The van der Waals surface area contributed by atoms with E-state index in [1.165, 1.54) is 22.3 Å². The predicted molar refractivity (Wildman–Crippen MR) is 125 cm³/mol. The molecule has 0 N–H and O–H groups in total. The van der Waals surface area contributed by atoms with Crippen LogP contribution in [0.5, 0.6) is 0 Å². The van der Waals surface area contributed by atoms with E-state index in [2.05, 4.69) is 73.3 Å². The number of benzene rings is 4. The van der Waals surface area contributed by atoms with E-state index in [4.69, 9.17) is 4.99 Å². The molecule has 0 atom stereocenters. The summed E-state index contributed by atoms with van der Waals surface area (Å²) in [5, 5.41) is 0. The molecule has 4 rings (SSSR count). The molecule has 4 aromatic rings. The van der Waals surface area contributed by atoms with Crippen molar-refractivity contribution < 1.29 is 0 Å². The maximum Gasteiger partial charge on any atom is 0.0633 e. The standard InChI is InChI=1S/C28H23N/c1-21(23-12-6-3-7-13-23)29-22(2)26-18-27(24-14-8-4-9-15-24)20-28(19-26)25-16-10-5-11-17-25/h3-20H,1H2,2H3/b29-22+. The average molecular weight is 373 g/mol. The summed E-state index contributed by atoms with van der Waals surface area (Å²) in [7, 11) is 0. The van der Waals surface area contributed by atoms with E-state index in [1.807, 2.05) is 49.4 Å². The minimum Gasteiger partial charge on any atom is -0.253 e. The third-order valence-electron chi connectivity index (χ3n) is 4.97. The molecule has 0 saturated carbocycles. The molecule has 0 fully saturated rings. The van der Waals surface area contributed by atoms with Crippen LogP contribution in [0.1, 0.15) is 18.1 Å². The van der Waals surface area contributed by atoms with Crippen molar-refractivity contribution in [3.05, 3.63) is 127 Å². The second-order valence-electron chi connectivity index (χ2n) is 7.04. The number of nitrogens with zero attached hydrogens (tertiary/aromatic N) is 1. The molecule has 140 valence electrons. The second-order valence-corrected chi connectivity index (χ2v) is 7.04. The van der Waals surface area contributed by atoms with Crippen LogP contribution in [0.15, 0.2) is 121 Å². The van der Waals surface area contributed by atoms with Crippen LogP contribution in [0.4, 0.5) is 0 Å². The SMILES string of the molecule is C=C(/N=C(\C)c1cc(-c2ccccc2)cc(-c2ccccc2)c1)c1ccccc1. The lowest BCUT2D eigenvalue weighted by molar-refractivity contribution is 1.47. The number of rotatable bonds is 5. The lowest BCUT2D eigenvalue weighted by Gasteiger charge is -2.11. The molecule has 0 amide bonds. The fourth-order valence-electron chi connectivity index (χ4n) is 3.39. The first kappa shape index (κ1) is 18.6. The van der Waals surface area contributed by atoms with Gasteiger partial charge in [0.25, 0.3) is 0 Å². The van der Waals surface area contributed by atoms with Gasteiger partial charge in [-0.3, -0.25) is 4.99 Å². The van der Waals surface area contributed by atoms with E-state index in [-0.39, 0.29) is 0 Å². The quantitative estimate of drug-likeness (QED) is 0.321. The van der Waals surface area contributed by atoms with Gasteiger partial charge in [0, 0.05) is 5.71 Å². The van der Waals surface area contributed by atoms with Gasteiger partial charge in [0.05, 0.1) is 5.70 Å².